The Balaban J connectivity index is 1.44. The van der Waals surface area contributed by atoms with Crippen molar-refractivity contribution in [3.63, 3.8) is 0 Å². The van der Waals surface area contributed by atoms with Crippen molar-refractivity contribution in [2.24, 2.45) is 0 Å². The van der Waals surface area contributed by atoms with E-state index in [1.54, 1.807) is 22.7 Å². The Kier molecular flexibility index (Phi) is 6.87. The lowest BCUT2D eigenvalue weighted by Gasteiger charge is -2.15. The van der Waals surface area contributed by atoms with E-state index >= 15 is 0 Å². The zero-order valence-corrected chi connectivity index (χ0v) is 19.4. The highest BCUT2D eigenvalue weighted by Gasteiger charge is 2.35. The first-order valence-corrected chi connectivity index (χ1v) is 11.5. The van der Waals surface area contributed by atoms with E-state index in [9.17, 15) is 18.0 Å². The number of methoxy groups -OCH3 is 1. The summed E-state index contributed by atoms with van der Waals surface area (Å²) >= 11 is 1.55. The Hall–Kier alpha value is -3.41. The molecule has 34 heavy (non-hydrogen) atoms. The molecule has 3 aromatic heterocycles. The van der Waals surface area contributed by atoms with E-state index < -0.39 is 11.7 Å². The SMILES string of the molecule is COc1cc2nc(NCCCCNC(=O)Cc3cccs3)c3nnc(C)n3c2cc1C(F)(F)F. The minimum Gasteiger partial charge on any atom is -0.496 e. The van der Waals surface area contributed by atoms with Crippen LogP contribution in [-0.2, 0) is 17.4 Å². The number of anilines is 1. The van der Waals surface area contributed by atoms with Crippen molar-refractivity contribution in [3.8, 4) is 5.75 Å². The third kappa shape index (κ3) is 5.06. The average Bonchev–Trinajstić information content (AvgIpc) is 3.44. The second kappa shape index (κ2) is 9.84. The summed E-state index contributed by atoms with van der Waals surface area (Å²) in [5.41, 5.74) is 0.0151. The van der Waals surface area contributed by atoms with E-state index in [1.807, 2.05) is 17.5 Å². The molecule has 12 heteroatoms. The molecule has 0 saturated heterocycles. The summed E-state index contributed by atoms with van der Waals surface area (Å²) in [6, 6.07) is 6.12. The number of amides is 1. The van der Waals surface area contributed by atoms with Crippen LogP contribution in [0.1, 0.15) is 29.1 Å². The van der Waals surface area contributed by atoms with Gasteiger partial charge in [0, 0.05) is 24.0 Å². The molecule has 0 unspecified atom stereocenters. The van der Waals surface area contributed by atoms with Crippen LogP contribution in [0.5, 0.6) is 5.75 Å². The molecule has 1 amide bonds. The zero-order valence-electron chi connectivity index (χ0n) is 18.6. The quantitative estimate of drug-likeness (QED) is 0.340. The molecule has 0 spiro atoms. The Morgan fingerprint density at radius 1 is 1.21 bits per heavy atom. The number of nitrogens with one attached hydrogen (secondary N) is 2. The maximum absolute atomic E-state index is 13.5. The summed E-state index contributed by atoms with van der Waals surface area (Å²) < 4.78 is 47.0. The minimum absolute atomic E-state index is 0.0144. The van der Waals surface area contributed by atoms with Crippen LogP contribution >= 0.6 is 11.3 Å². The van der Waals surface area contributed by atoms with Crippen LogP contribution in [0.3, 0.4) is 0 Å². The van der Waals surface area contributed by atoms with Gasteiger partial charge in [-0.05, 0) is 37.3 Å². The normalized spacial score (nSPS) is 11.8. The van der Waals surface area contributed by atoms with E-state index in [0.29, 0.717) is 42.3 Å². The molecule has 180 valence electrons. The summed E-state index contributed by atoms with van der Waals surface area (Å²) in [5, 5.41) is 16.1. The molecular formula is C22H23F3N6O2S. The molecule has 2 N–H and O–H groups in total. The molecule has 0 aliphatic carbocycles. The molecule has 0 bridgehead atoms. The first-order chi connectivity index (χ1) is 16.3. The lowest BCUT2D eigenvalue weighted by Crippen LogP contribution is -2.26. The number of nitrogens with zero attached hydrogens (tertiary/aromatic N) is 4. The van der Waals surface area contributed by atoms with Crippen LogP contribution in [0.15, 0.2) is 29.6 Å². The van der Waals surface area contributed by atoms with Gasteiger partial charge in [0.25, 0.3) is 0 Å². The number of rotatable bonds is 9. The number of fused-ring (bicyclic) bond motifs is 3. The maximum atomic E-state index is 13.5. The van der Waals surface area contributed by atoms with E-state index in [1.165, 1.54) is 13.2 Å². The molecule has 0 aliphatic heterocycles. The van der Waals surface area contributed by atoms with Crippen LogP contribution in [-0.4, -0.2) is 45.7 Å². The Bertz CT molecular complexity index is 1300. The number of carbonyl (C=O) groups is 1. The van der Waals surface area contributed by atoms with Gasteiger partial charge in [-0.15, -0.1) is 21.5 Å². The van der Waals surface area contributed by atoms with Gasteiger partial charge in [0.05, 0.1) is 30.1 Å². The van der Waals surface area contributed by atoms with Gasteiger partial charge in [0.1, 0.15) is 11.6 Å². The lowest BCUT2D eigenvalue weighted by atomic mass is 10.1. The number of halogens is 3. The van der Waals surface area contributed by atoms with E-state index in [4.69, 9.17) is 4.74 Å². The van der Waals surface area contributed by atoms with Crippen molar-refractivity contribution in [1.82, 2.24) is 24.9 Å². The lowest BCUT2D eigenvalue weighted by molar-refractivity contribution is -0.138. The maximum Gasteiger partial charge on any atom is 0.420 e. The van der Waals surface area contributed by atoms with Gasteiger partial charge in [-0.25, -0.2) is 4.98 Å². The number of benzene rings is 1. The molecule has 0 aliphatic rings. The Labute approximate surface area is 197 Å². The molecule has 4 rings (SSSR count). The predicted octanol–water partition coefficient (Wildman–Crippen LogP) is 4.23. The van der Waals surface area contributed by atoms with Crippen LogP contribution in [0, 0.1) is 6.92 Å². The number of hydrogen-bond donors (Lipinski definition) is 2. The van der Waals surface area contributed by atoms with Gasteiger partial charge in [0.15, 0.2) is 5.82 Å². The number of alkyl halides is 3. The number of unbranched alkanes of at least 4 members (excludes halogenated alkanes) is 1. The van der Waals surface area contributed by atoms with Crippen molar-refractivity contribution >= 4 is 39.7 Å². The largest absolute Gasteiger partial charge is 0.496 e. The number of hydrogen-bond acceptors (Lipinski definition) is 7. The van der Waals surface area contributed by atoms with Crippen LogP contribution in [0.2, 0.25) is 0 Å². The van der Waals surface area contributed by atoms with Gasteiger partial charge >= 0.3 is 6.18 Å². The smallest absolute Gasteiger partial charge is 0.420 e. The number of ether oxygens (including phenoxy) is 1. The Morgan fingerprint density at radius 3 is 2.71 bits per heavy atom. The second-order valence-electron chi connectivity index (χ2n) is 7.65. The average molecular weight is 493 g/mol. The van der Waals surface area contributed by atoms with Crippen molar-refractivity contribution in [1.29, 1.82) is 0 Å². The molecule has 0 saturated carbocycles. The minimum atomic E-state index is -4.58. The molecule has 0 atom stereocenters. The molecule has 0 fully saturated rings. The highest BCUT2D eigenvalue weighted by molar-refractivity contribution is 7.10. The molecule has 4 aromatic rings. The first kappa shape index (κ1) is 23.7. The second-order valence-corrected chi connectivity index (χ2v) is 8.68. The van der Waals surface area contributed by atoms with Crippen molar-refractivity contribution in [2.75, 3.05) is 25.5 Å². The van der Waals surface area contributed by atoms with Crippen LogP contribution in [0.4, 0.5) is 19.0 Å². The monoisotopic (exact) mass is 492 g/mol. The van der Waals surface area contributed by atoms with Crippen LogP contribution in [0.25, 0.3) is 16.7 Å². The molecule has 3 heterocycles. The van der Waals surface area contributed by atoms with Gasteiger partial charge in [-0.2, -0.15) is 13.2 Å². The van der Waals surface area contributed by atoms with E-state index in [-0.39, 0.29) is 17.2 Å². The van der Waals surface area contributed by atoms with Gasteiger partial charge in [-0.3, -0.25) is 9.20 Å². The van der Waals surface area contributed by atoms with Gasteiger partial charge < -0.3 is 15.4 Å². The summed E-state index contributed by atoms with van der Waals surface area (Å²) in [4.78, 5) is 17.5. The molecular weight excluding hydrogens is 469 g/mol. The number of carbonyl (C=O) groups excluding carboxylic acids is 1. The third-order valence-corrected chi connectivity index (χ3v) is 6.12. The fourth-order valence-corrected chi connectivity index (χ4v) is 4.33. The summed E-state index contributed by atoms with van der Waals surface area (Å²) in [5.74, 6) is 0.537. The molecule has 0 radical (unpaired) electrons. The number of aryl methyl sites for hydroxylation is 1. The summed E-state index contributed by atoms with van der Waals surface area (Å²) in [7, 11) is 1.19. The molecule has 8 nitrogen and oxygen atoms in total. The topological polar surface area (TPSA) is 93.4 Å². The zero-order chi connectivity index (χ0) is 24.3. The van der Waals surface area contributed by atoms with E-state index in [0.717, 1.165) is 23.8 Å². The van der Waals surface area contributed by atoms with Crippen molar-refractivity contribution in [3.05, 3.63) is 45.9 Å². The van der Waals surface area contributed by atoms with Gasteiger partial charge in [-0.1, -0.05) is 6.07 Å². The highest BCUT2D eigenvalue weighted by atomic mass is 32.1. The fraction of sp³-hybridized carbons (Fsp3) is 0.364. The Morgan fingerprint density at radius 2 is 2.00 bits per heavy atom. The summed E-state index contributed by atoms with van der Waals surface area (Å²) in [6.45, 7) is 2.76. The van der Waals surface area contributed by atoms with E-state index in [2.05, 4.69) is 25.8 Å². The van der Waals surface area contributed by atoms with Crippen molar-refractivity contribution < 1.29 is 22.7 Å². The number of aromatic nitrogens is 4. The fourth-order valence-electron chi connectivity index (χ4n) is 3.63. The summed E-state index contributed by atoms with van der Waals surface area (Å²) in [6.07, 6.45) is -2.71. The highest BCUT2D eigenvalue weighted by Crippen LogP contribution is 2.39. The predicted molar refractivity (Wildman–Crippen MR) is 123 cm³/mol. The first-order valence-electron chi connectivity index (χ1n) is 10.6. The molecule has 1 aromatic carbocycles. The van der Waals surface area contributed by atoms with Crippen LogP contribution < -0.4 is 15.4 Å². The standard InChI is InChI=1S/C22H23F3N6O2S/c1-13-29-30-21-20(27-8-4-3-7-26-19(32)10-14-6-5-9-34-14)28-16-12-18(33-2)15(22(23,24)25)11-17(16)31(13)21/h5-6,9,11-12H,3-4,7-8,10H2,1-2H3,(H,26,32)(H,27,28). The van der Waals surface area contributed by atoms with Gasteiger partial charge in [0.2, 0.25) is 11.6 Å². The number of thiophene rings is 1. The van der Waals surface area contributed by atoms with Crippen molar-refractivity contribution in [2.45, 2.75) is 32.4 Å². The third-order valence-electron chi connectivity index (χ3n) is 5.24.